The molecular weight excluding hydrogens is 268 g/mol. The van der Waals surface area contributed by atoms with Crippen molar-refractivity contribution in [2.45, 2.75) is 6.43 Å². The van der Waals surface area contributed by atoms with Gasteiger partial charge in [-0.2, -0.15) is 9.97 Å². The molecule has 5 nitrogen and oxygen atoms in total. The van der Waals surface area contributed by atoms with Crippen LogP contribution in [0.1, 0.15) is 0 Å². The standard InChI is InChI=1S/C10H14ClF2N3O2/c1-17-8-5-9(18-2)15-10(14-8)16(4-3-11)6-7(12)13/h5,7H,3-4,6H2,1-2H3. The van der Waals surface area contributed by atoms with Gasteiger partial charge in [0.2, 0.25) is 17.7 Å². The fourth-order valence-corrected chi connectivity index (χ4v) is 1.49. The lowest BCUT2D eigenvalue weighted by Gasteiger charge is -2.21. The molecule has 1 heterocycles. The van der Waals surface area contributed by atoms with Gasteiger partial charge in [0, 0.05) is 12.4 Å². The molecule has 0 saturated carbocycles. The van der Waals surface area contributed by atoms with E-state index in [0.717, 1.165) is 0 Å². The Bertz CT molecular complexity index is 360. The zero-order valence-corrected chi connectivity index (χ0v) is 10.8. The van der Waals surface area contributed by atoms with Crippen LogP contribution in [0.25, 0.3) is 0 Å². The van der Waals surface area contributed by atoms with Crippen molar-refractivity contribution in [2.75, 3.05) is 38.1 Å². The first-order chi connectivity index (χ1) is 8.60. The Morgan fingerprint density at radius 2 is 1.83 bits per heavy atom. The number of anilines is 1. The van der Waals surface area contributed by atoms with Gasteiger partial charge in [-0.25, -0.2) is 8.78 Å². The van der Waals surface area contributed by atoms with E-state index >= 15 is 0 Å². The lowest BCUT2D eigenvalue weighted by atomic mass is 10.5. The third-order valence-corrected chi connectivity index (χ3v) is 2.25. The second kappa shape index (κ2) is 7.15. The minimum Gasteiger partial charge on any atom is -0.481 e. The number of hydrogen-bond donors (Lipinski definition) is 0. The smallest absolute Gasteiger partial charge is 0.255 e. The molecule has 1 rings (SSSR count). The first-order valence-corrected chi connectivity index (χ1v) is 5.70. The fraction of sp³-hybridized carbons (Fsp3) is 0.600. The predicted molar refractivity (Wildman–Crippen MR) is 64.1 cm³/mol. The van der Waals surface area contributed by atoms with Crippen molar-refractivity contribution >= 4 is 17.5 Å². The highest BCUT2D eigenvalue weighted by Gasteiger charge is 2.17. The molecule has 1 aromatic rings. The summed E-state index contributed by atoms with van der Waals surface area (Å²) in [7, 11) is 2.84. The Balaban J connectivity index is 3.01. The topological polar surface area (TPSA) is 47.5 Å². The first kappa shape index (κ1) is 14.7. The third-order valence-electron chi connectivity index (χ3n) is 2.08. The second-order valence-electron chi connectivity index (χ2n) is 3.28. The zero-order chi connectivity index (χ0) is 13.5. The van der Waals surface area contributed by atoms with Gasteiger partial charge in [0.15, 0.2) is 0 Å². The molecule has 0 spiro atoms. The summed E-state index contributed by atoms with van der Waals surface area (Å²) in [6, 6.07) is 1.46. The summed E-state index contributed by atoms with van der Waals surface area (Å²) in [6.45, 7) is -0.286. The van der Waals surface area contributed by atoms with E-state index in [9.17, 15) is 8.78 Å². The van der Waals surface area contributed by atoms with Crippen LogP contribution in [0.3, 0.4) is 0 Å². The van der Waals surface area contributed by atoms with Crippen molar-refractivity contribution in [3.8, 4) is 11.8 Å². The summed E-state index contributed by atoms with van der Waals surface area (Å²) >= 11 is 5.57. The molecule has 0 saturated heterocycles. The molecule has 0 amide bonds. The van der Waals surface area contributed by atoms with Crippen molar-refractivity contribution in [1.29, 1.82) is 0 Å². The number of rotatable bonds is 7. The largest absolute Gasteiger partial charge is 0.481 e. The normalized spacial score (nSPS) is 10.6. The maximum absolute atomic E-state index is 12.5. The molecule has 1 aromatic heterocycles. The first-order valence-electron chi connectivity index (χ1n) is 5.16. The molecule has 8 heteroatoms. The van der Waals surface area contributed by atoms with Gasteiger partial charge >= 0.3 is 0 Å². The van der Waals surface area contributed by atoms with Gasteiger partial charge in [-0.15, -0.1) is 11.6 Å². The van der Waals surface area contributed by atoms with E-state index < -0.39 is 13.0 Å². The van der Waals surface area contributed by atoms with Crippen LogP contribution in [0.5, 0.6) is 11.8 Å². The zero-order valence-electron chi connectivity index (χ0n) is 10.1. The average Bonchev–Trinajstić information content (AvgIpc) is 2.37. The maximum atomic E-state index is 12.5. The van der Waals surface area contributed by atoms with Crippen LogP contribution in [-0.2, 0) is 0 Å². The Morgan fingerprint density at radius 1 is 1.28 bits per heavy atom. The van der Waals surface area contributed by atoms with Crippen molar-refractivity contribution in [1.82, 2.24) is 9.97 Å². The SMILES string of the molecule is COc1cc(OC)nc(N(CCCl)CC(F)F)n1. The highest BCUT2D eigenvalue weighted by Crippen LogP contribution is 2.20. The van der Waals surface area contributed by atoms with Gasteiger partial charge in [-0.05, 0) is 0 Å². The minimum absolute atomic E-state index is 0.104. The quantitative estimate of drug-likeness (QED) is 0.713. The van der Waals surface area contributed by atoms with E-state index in [1.54, 1.807) is 0 Å². The number of aromatic nitrogens is 2. The van der Waals surface area contributed by atoms with Crippen LogP contribution in [0.15, 0.2) is 6.07 Å². The molecule has 18 heavy (non-hydrogen) atoms. The molecule has 0 aliphatic heterocycles. The number of ether oxygens (including phenoxy) is 2. The van der Waals surface area contributed by atoms with Crippen molar-refractivity contribution in [3.63, 3.8) is 0 Å². The predicted octanol–water partition coefficient (Wildman–Crippen LogP) is 1.80. The van der Waals surface area contributed by atoms with E-state index in [4.69, 9.17) is 21.1 Å². The summed E-state index contributed by atoms with van der Waals surface area (Å²) in [4.78, 5) is 9.27. The number of hydrogen-bond acceptors (Lipinski definition) is 5. The summed E-state index contributed by atoms with van der Waals surface area (Å²) in [5.74, 6) is 0.777. The molecule has 0 aliphatic rings. The molecule has 0 aliphatic carbocycles. The fourth-order valence-electron chi connectivity index (χ4n) is 1.28. The molecule has 0 bridgehead atoms. The number of alkyl halides is 3. The highest BCUT2D eigenvalue weighted by atomic mass is 35.5. The van der Waals surface area contributed by atoms with Crippen LogP contribution in [0, 0.1) is 0 Å². The van der Waals surface area contributed by atoms with Crippen LogP contribution in [-0.4, -0.2) is 49.6 Å². The Morgan fingerprint density at radius 3 is 2.22 bits per heavy atom. The third kappa shape index (κ3) is 4.14. The van der Waals surface area contributed by atoms with Gasteiger partial charge in [0.1, 0.15) is 0 Å². The molecule has 0 atom stereocenters. The Kier molecular flexibility index (Phi) is 5.84. The van der Waals surface area contributed by atoms with E-state index in [2.05, 4.69) is 9.97 Å². The molecule has 102 valence electrons. The van der Waals surface area contributed by atoms with Crippen molar-refractivity contribution in [3.05, 3.63) is 6.07 Å². The molecule has 0 N–H and O–H groups in total. The van der Waals surface area contributed by atoms with Crippen LogP contribution >= 0.6 is 11.6 Å². The Labute approximate surface area is 109 Å². The maximum Gasteiger partial charge on any atom is 0.255 e. The second-order valence-corrected chi connectivity index (χ2v) is 3.66. The van der Waals surface area contributed by atoms with Crippen molar-refractivity contribution < 1.29 is 18.3 Å². The van der Waals surface area contributed by atoms with Crippen LogP contribution in [0.4, 0.5) is 14.7 Å². The molecule has 0 fully saturated rings. The molecule has 0 unspecified atom stereocenters. The summed E-state index contributed by atoms with van der Waals surface area (Å²) in [5, 5.41) is 0. The van der Waals surface area contributed by atoms with Gasteiger partial charge in [0.05, 0.1) is 26.8 Å². The summed E-state index contributed by atoms with van der Waals surface area (Å²) in [6.07, 6.45) is -2.51. The summed E-state index contributed by atoms with van der Waals surface area (Å²) < 4.78 is 34.8. The molecule has 0 radical (unpaired) electrons. The van der Waals surface area contributed by atoms with Crippen molar-refractivity contribution in [2.24, 2.45) is 0 Å². The van der Waals surface area contributed by atoms with Gasteiger partial charge in [0.25, 0.3) is 6.43 Å². The summed E-state index contributed by atoms with van der Waals surface area (Å²) in [5.41, 5.74) is 0. The lowest BCUT2D eigenvalue weighted by Crippen LogP contribution is -2.32. The van der Waals surface area contributed by atoms with E-state index in [-0.39, 0.29) is 30.1 Å². The van der Waals surface area contributed by atoms with Gasteiger partial charge in [-0.1, -0.05) is 0 Å². The van der Waals surface area contributed by atoms with E-state index in [1.165, 1.54) is 25.2 Å². The van der Waals surface area contributed by atoms with E-state index in [0.29, 0.717) is 0 Å². The highest BCUT2D eigenvalue weighted by molar-refractivity contribution is 6.18. The van der Waals surface area contributed by atoms with Gasteiger partial charge in [-0.3, -0.25) is 0 Å². The Hall–Kier alpha value is -1.37. The monoisotopic (exact) mass is 281 g/mol. The number of methoxy groups -OCH3 is 2. The van der Waals surface area contributed by atoms with Crippen LogP contribution in [0.2, 0.25) is 0 Å². The van der Waals surface area contributed by atoms with Gasteiger partial charge < -0.3 is 14.4 Å². The number of halogens is 3. The van der Waals surface area contributed by atoms with Crippen LogP contribution < -0.4 is 14.4 Å². The van der Waals surface area contributed by atoms with E-state index in [1.807, 2.05) is 0 Å². The minimum atomic E-state index is -2.51. The lowest BCUT2D eigenvalue weighted by molar-refractivity contribution is 0.154. The molecule has 0 aromatic carbocycles. The average molecular weight is 282 g/mol. The number of nitrogens with zero attached hydrogens (tertiary/aromatic N) is 3. The molecular formula is C10H14ClF2N3O2.